The Kier molecular flexibility index (Phi) is 6.95. The fraction of sp³-hybridized carbons (Fsp3) is 0.429. The molecule has 1 amide bonds. The molecule has 0 bridgehead atoms. The third kappa shape index (κ3) is 5.13. The lowest BCUT2D eigenvalue weighted by molar-refractivity contribution is -0.117. The average molecular weight is 400 g/mol. The van der Waals surface area contributed by atoms with Crippen molar-refractivity contribution in [2.75, 3.05) is 25.2 Å². The fourth-order valence-electron chi connectivity index (χ4n) is 3.46. The number of rotatable bonds is 6. The molecule has 0 atom stereocenters. The van der Waals surface area contributed by atoms with Gasteiger partial charge in [-0.2, -0.15) is 5.26 Å². The van der Waals surface area contributed by atoms with E-state index in [0.29, 0.717) is 18.7 Å². The van der Waals surface area contributed by atoms with E-state index in [-0.39, 0.29) is 5.91 Å². The molecule has 0 aliphatic heterocycles. The van der Waals surface area contributed by atoms with Crippen LogP contribution in [0.15, 0.2) is 29.2 Å². The number of anilines is 1. The third-order valence-corrected chi connectivity index (χ3v) is 6.76. The summed E-state index contributed by atoms with van der Waals surface area (Å²) in [5.74, 6) is -0.0638. The van der Waals surface area contributed by atoms with Crippen molar-refractivity contribution in [3.05, 3.63) is 45.8 Å². The molecule has 1 aromatic carbocycles. The molecule has 142 valence electrons. The Hall–Kier alpha value is -1.81. The minimum Gasteiger partial charge on any atom is -0.315 e. The molecule has 2 aromatic rings. The van der Waals surface area contributed by atoms with Crippen molar-refractivity contribution in [3.63, 3.8) is 0 Å². The Morgan fingerprint density at radius 1 is 1.26 bits per heavy atom. The van der Waals surface area contributed by atoms with Gasteiger partial charge < -0.3 is 5.32 Å². The fourth-order valence-corrected chi connectivity index (χ4v) is 5.12. The molecule has 4 nitrogen and oxygen atoms in total. The number of fused-ring (bicyclic) bond motifs is 1. The molecular formula is C21H25N3OS2. The predicted octanol–water partition coefficient (Wildman–Crippen LogP) is 4.68. The van der Waals surface area contributed by atoms with Gasteiger partial charge in [-0.3, -0.25) is 9.69 Å². The second-order valence-electron chi connectivity index (χ2n) is 6.95. The van der Waals surface area contributed by atoms with Gasteiger partial charge in [0.05, 0.1) is 12.1 Å². The summed E-state index contributed by atoms with van der Waals surface area (Å²) in [5, 5.41) is 13.3. The SMILES string of the molecule is CSc1ccc(CN(C)CC(=O)Nc2sc3c(c2C#N)CCCCC3)cc1. The molecule has 6 heteroatoms. The van der Waals surface area contributed by atoms with E-state index in [0.717, 1.165) is 29.8 Å². The molecule has 1 N–H and O–H groups in total. The quantitative estimate of drug-likeness (QED) is 0.566. The number of hydrogen-bond donors (Lipinski definition) is 1. The highest BCUT2D eigenvalue weighted by atomic mass is 32.2. The summed E-state index contributed by atoms with van der Waals surface area (Å²) in [6, 6.07) is 10.7. The number of hydrogen-bond acceptors (Lipinski definition) is 5. The number of amides is 1. The van der Waals surface area contributed by atoms with Crippen LogP contribution in [0.25, 0.3) is 0 Å². The van der Waals surface area contributed by atoms with Gasteiger partial charge in [0.1, 0.15) is 11.1 Å². The van der Waals surface area contributed by atoms with Crippen LogP contribution in [0.2, 0.25) is 0 Å². The largest absolute Gasteiger partial charge is 0.315 e. The van der Waals surface area contributed by atoms with E-state index in [4.69, 9.17) is 0 Å². The zero-order valence-corrected chi connectivity index (χ0v) is 17.5. The zero-order chi connectivity index (χ0) is 19.2. The van der Waals surface area contributed by atoms with Crippen molar-refractivity contribution in [2.24, 2.45) is 0 Å². The standard InChI is InChI=1S/C21H25N3OS2/c1-24(13-15-8-10-16(26-2)11-9-15)14-20(25)23-21-18(12-22)17-6-4-3-5-7-19(17)27-21/h8-11H,3-7,13-14H2,1-2H3,(H,23,25). The molecule has 0 saturated heterocycles. The number of likely N-dealkylation sites (N-methyl/N-ethyl adjacent to an activating group) is 1. The number of carbonyl (C=O) groups excluding carboxylic acids is 1. The topological polar surface area (TPSA) is 56.1 Å². The van der Waals surface area contributed by atoms with Crippen LogP contribution in [0.1, 0.15) is 40.8 Å². The van der Waals surface area contributed by atoms with Gasteiger partial charge >= 0.3 is 0 Å². The lowest BCUT2D eigenvalue weighted by Gasteiger charge is -2.16. The number of nitrogens with one attached hydrogen (secondary N) is 1. The van der Waals surface area contributed by atoms with Gasteiger partial charge in [-0.15, -0.1) is 23.1 Å². The number of carbonyl (C=O) groups is 1. The average Bonchev–Trinajstić information content (AvgIpc) is 2.81. The molecule has 0 saturated carbocycles. The summed E-state index contributed by atoms with van der Waals surface area (Å²) in [5.41, 5.74) is 3.03. The summed E-state index contributed by atoms with van der Waals surface area (Å²) in [7, 11) is 1.94. The molecule has 1 aromatic heterocycles. The van der Waals surface area contributed by atoms with Crippen molar-refractivity contribution in [1.29, 1.82) is 5.26 Å². The van der Waals surface area contributed by atoms with Crippen molar-refractivity contribution in [3.8, 4) is 6.07 Å². The minimum atomic E-state index is -0.0638. The number of thiophene rings is 1. The number of aryl methyl sites for hydroxylation is 1. The summed E-state index contributed by atoms with van der Waals surface area (Å²) >= 11 is 3.31. The van der Waals surface area contributed by atoms with Gasteiger partial charge in [-0.1, -0.05) is 18.6 Å². The lowest BCUT2D eigenvalue weighted by atomic mass is 10.1. The Morgan fingerprint density at radius 2 is 2.00 bits per heavy atom. The highest BCUT2D eigenvalue weighted by Crippen LogP contribution is 2.36. The molecule has 1 aliphatic rings. The lowest BCUT2D eigenvalue weighted by Crippen LogP contribution is -2.29. The first kappa shape index (κ1) is 19.9. The van der Waals surface area contributed by atoms with Crippen molar-refractivity contribution >= 4 is 34.0 Å². The first-order valence-electron chi connectivity index (χ1n) is 9.26. The smallest absolute Gasteiger partial charge is 0.239 e. The molecule has 1 aliphatic carbocycles. The summed E-state index contributed by atoms with van der Waals surface area (Å²) < 4.78 is 0. The van der Waals surface area contributed by atoms with E-state index in [1.807, 2.05) is 11.9 Å². The number of nitrogens with zero attached hydrogens (tertiary/aromatic N) is 2. The number of thioether (sulfide) groups is 1. The van der Waals surface area contributed by atoms with Crippen molar-refractivity contribution in [1.82, 2.24) is 4.90 Å². The predicted molar refractivity (Wildman–Crippen MR) is 113 cm³/mol. The highest BCUT2D eigenvalue weighted by molar-refractivity contribution is 7.98. The molecule has 0 fully saturated rings. The van der Waals surface area contributed by atoms with Gasteiger partial charge in [0.15, 0.2) is 0 Å². The normalized spacial score (nSPS) is 13.7. The van der Waals surface area contributed by atoms with E-state index in [1.54, 1.807) is 23.1 Å². The van der Waals surface area contributed by atoms with Gasteiger partial charge in [0.25, 0.3) is 0 Å². The second kappa shape index (κ2) is 9.41. The molecule has 27 heavy (non-hydrogen) atoms. The van der Waals surface area contributed by atoms with E-state index < -0.39 is 0 Å². The van der Waals surface area contributed by atoms with Gasteiger partial charge in [0, 0.05) is 16.3 Å². The number of benzene rings is 1. The van der Waals surface area contributed by atoms with Gasteiger partial charge in [0.2, 0.25) is 5.91 Å². The molecular weight excluding hydrogens is 374 g/mol. The Labute approximate surface area is 169 Å². The summed E-state index contributed by atoms with van der Waals surface area (Å²) in [4.78, 5) is 17.0. The highest BCUT2D eigenvalue weighted by Gasteiger charge is 2.21. The molecule has 0 radical (unpaired) electrons. The molecule has 1 heterocycles. The van der Waals surface area contributed by atoms with Crippen LogP contribution in [-0.4, -0.2) is 30.7 Å². The summed E-state index contributed by atoms with van der Waals surface area (Å²) in [6.45, 7) is 1.02. The second-order valence-corrected chi connectivity index (χ2v) is 8.93. The maximum absolute atomic E-state index is 12.5. The minimum absolute atomic E-state index is 0.0638. The van der Waals surface area contributed by atoms with E-state index in [9.17, 15) is 10.1 Å². The first-order chi connectivity index (χ1) is 13.1. The van der Waals surface area contributed by atoms with Crippen LogP contribution < -0.4 is 5.32 Å². The van der Waals surface area contributed by atoms with E-state index in [2.05, 4.69) is 41.9 Å². The Bertz CT molecular complexity index is 836. The van der Waals surface area contributed by atoms with Crippen LogP contribution in [0.5, 0.6) is 0 Å². The zero-order valence-electron chi connectivity index (χ0n) is 15.9. The maximum atomic E-state index is 12.5. The van der Waals surface area contributed by atoms with Crippen molar-refractivity contribution < 1.29 is 4.79 Å². The first-order valence-corrected chi connectivity index (χ1v) is 11.3. The molecule has 0 unspecified atom stereocenters. The van der Waals surface area contributed by atoms with Crippen LogP contribution >= 0.6 is 23.1 Å². The van der Waals surface area contributed by atoms with Crippen molar-refractivity contribution in [2.45, 2.75) is 43.5 Å². The molecule has 3 rings (SSSR count). The summed E-state index contributed by atoms with van der Waals surface area (Å²) in [6.07, 6.45) is 7.56. The van der Waals surface area contributed by atoms with Crippen LogP contribution in [0.4, 0.5) is 5.00 Å². The van der Waals surface area contributed by atoms with Gasteiger partial charge in [-0.05, 0) is 62.2 Å². The van der Waals surface area contributed by atoms with Crippen LogP contribution in [-0.2, 0) is 24.2 Å². The van der Waals surface area contributed by atoms with Gasteiger partial charge in [-0.25, -0.2) is 0 Å². The van der Waals surface area contributed by atoms with Crippen LogP contribution in [0.3, 0.4) is 0 Å². The molecule has 0 spiro atoms. The van der Waals surface area contributed by atoms with Crippen LogP contribution in [0, 0.1) is 11.3 Å². The third-order valence-electron chi connectivity index (χ3n) is 4.81. The van der Waals surface area contributed by atoms with E-state index in [1.165, 1.54) is 28.2 Å². The number of nitriles is 1. The van der Waals surface area contributed by atoms with E-state index >= 15 is 0 Å². The maximum Gasteiger partial charge on any atom is 0.239 e. The Balaban J connectivity index is 1.61. The monoisotopic (exact) mass is 399 g/mol. The Morgan fingerprint density at radius 3 is 2.70 bits per heavy atom.